The van der Waals surface area contributed by atoms with Crippen molar-refractivity contribution in [2.75, 3.05) is 13.1 Å². The van der Waals surface area contributed by atoms with Gasteiger partial charge >= 0.3 is 6.09 Å². The van der Waals surface area contributed by atoms with Crippen LogP contribution in [0.3, 0.4) is 0 Å². The molecule has 1 heterocycles. The Kier molecular flexibility index (Phi) is 5.03. The van der Waals surface area contributed by atoms with Crippen molar-refractivity contribution in [3.63, 3.8) is 0 Å². The first-order valence-corrected chi connectivity index (χ1v) is 7.34. The van der Waals surface area contributed by atoms with E-state index >= 15 is 0 Å². The predicted octanol–water partition coefficient (Wildman–Crippen LogP) is 3.24. The van der Waals surface area contributed by atoms with Gasteiger partial charge in [0.05, 0.1) is 0 Å². The van der Waals surface area contributed by atoms with Crippen LogP contribution < -0.4 is 10.6 Å². The summed E-state index contributed by atoms with van der Waals surface area (Å²) in [7, 11) is 0. The van der Waals surface area contributed by atoms with Crippen LogP contribution in [0.5, 0.6) is 0 Å². The Morgan fingerprint density at radius 3 is 2.95 bits per heavy atom. The molecule has 1 aromatic heterocycles. The summed E-state index contributed by atoms with van der Waals surface area (Å²) in [4.78, 5) is 13.7. The quantitative estimate of drug-likeness (QED) is 0.610. The van der Waals surface area contributed by atoms with Crippen LogP contribution in [0.2, 0.25) is 0 Å². The van der Waals surface area contributed by atoms with Crippen molar-refractivity contribution in [2.24, 2.45) is 0 Å². The highest BCUT2D eigenvalue weighted by Gasteiger charge is 2.08. The van der Waals surface area contributed by atoms with Gasteiger partial charge in [-0.25, -0.2) is 4.79 Å². The molecule has 1 amide bonds. The van der Waals surface area contributed by atoms with E-state index in [4.69, 9.17) is 5.11 Å². The van der Waals surface area contributed by atoms with Crippen molar-refractivity contribution in [3.8, 4) is 0 Å². The second kappa shape index (κ2) is 6.76. The van der Waals surface area contributed by atoms with E-state index in [1.807, 2.05) is 12.1 Å². The number of benzene rings is 1. The highest BCUT2D eigenvalue weighted by Crippen LogP contribution is 2.23. The van der Waals surface area contributed by atoms with Gasteiger partial charge in [0.25, 0.3) is 0 Å². The van der Waals surface area contributed by atoms with Gasteiger partial charge in [-0.15, -0.1) is 0 Å². The van der Waals surface area contributed by atoms with Gasteiger partial charge in [-0.1, -0.05) is 15.9 Å². The third-order valence-corrected chi connectivity index (χ3v) is 3.64. The molecule has 0 aliphatic carbocycles. The summed E-state index contributed by atoms with van der Waals surface area (Å²) >= 11 is 3.47. The van der Waals surface area contributed by atoms with Crippen molar-refractivity contribution in [3.05, 3.63) is 34.4 Å². The summed E-state index contributed by atoms with van der Waals surface area (Å²) in [5.74, 6) is 0. The second-order valence-electron chi connectivity index (χ2n) is 4.72. The maximum Gasteiger partial charge on any atom is 0.404 e. The normalized spacial score (nSPS) is 12.5. The number of hydrogen-bond acceptors (Lipinski definition) is 2. The Morgan fingerprint density at radius 1 is 1.40 bits per heavy atom. The summed E-state index contributed by atoms with van der Waals surface area (Å²) in [6.45, 7) is 3.32. The Bertz CT molecular complexity index is 597. The van der Waals surface area contributed by atoms with E-state index in [1.54, 1.807) is 0 Å². The minimum atomic E-state index is -0.973. The van der Waals surface area contributed by atoms with Crippen molar-refractivity contribution in [1.82, 2.24) is 15.6 Å². The van der Waals surface area contributed by atoms with Gasteiger partial charge in [0, 0.05) is 33.7 Å². The molecule has 1 aromatic carbocycles. The number of halogens is 1. The van der Waals surface area contributed by atoms with Crippen LogP contribution in [0.1, 0.15) is 25.1 Å². The Balaban J connectivity index is 1.87. The monoisotopic (exact) mass is 339 g/mol. The van der Waals surface area contributed by atoms with E-state index in [1.165, 1.54) is 5.39 Å². The van der Waals surface area contributed by atoms with Gasteiger partial charge in [0.1, 0.15) is 0 Å². The molecular weight excluding hydrogens is 322 g/mol. The van der Waals surface area contributed by atoms with E-state index in [-0.39, 0.29) is 6.04 Å². The standard InChI is InChI=1S/C14H18BrN3O2/c1-9(16-5-2-6-17-14(19)20)13-8-10-7-11(15)3-4-12(10)18-13/h3-4,7-9,16-18H,2,5-6H2,1H3,(H,19,20). The van der Waals surface area contributed by atoms with Gasteiger partial charge in [0.2, 0.25) is 0 Å². The Labute approximate surface area is 125 Å². The molecule has 0 saturated heterocycles. The fourth-order valence-corrected chi connectivity index (χ4v) is 2.45. The molecule has 0 aliphatic heterocycles. The maximum absolute atomic E-state index is 10.3. The number of amides is 1. The maximum atomic E-state index is 10.3. The number of fused-ring (bicyclic) bond motifs is 1. The minimum Gasteiger partial charge on any atom is -0.465 e. The molecule has 6 heteroatoms. The average Bonchev–Trinajstić information content (AvgIpc) is 2.80. The molecule has 2 aromatic rings. The lowest BCUT2D eigenvalue weighted by Gasteiger charge is -2.12. The third kappa shape index (κ3) is 3.98. The lowest BCUT2D eigenvalue weighted by Crippen LogP contribution is -2.27. The van der Waals surface area contributed by atoms with Gasteiger partial charge < -0.3 is 20.7 Å². The van der Waals surface area contributed by atoms with Gasteiger partial charge in [-0.3, -0.25) is 0 Å². The zero-order chi connectivity index (χ0) is 14.5. The average molecular weight is 340 g/mol. The minimum absolute atomic E-state index is 0.200. The molecule has 4 N–H and O–H groups in total. The summed E-state index contributed by atoms with van der Waals surface area (Å²) in [5, 5.41) is 15.4. The van der Waals surface area contributed by atoms with Crippen LogP contribution in [-0.4, -0.2) is 29.3 Å². The molecular formula is C14H18BrN3O2. The molecule has 5 nitrogen and oxygen atoms in total. The van der Waals surface area contributed by atoms with Crippen molar-refractivity contribution >= 4 is 32.9 Å². The van der Waals surface area contributed by atoms with Crippen LogP contribution in [0.4, 0.5) is 4.79 Å². The van der Waals surface area contributed by atoms with Crippen LogP contribution >= 0.6 is 15.9 Å². The number of hydrogen-bond donors (Lipinski definition) is 4. The van der Waals surface area contributed by atoms with Crippen molar-refractivity contribution in [1.29, 1.82) is 0 Å². The molecule has 108 valence electrons. The van der Waals surface area contributed by atoms with E-state index < -0.39 is 6.09 Å². The molecule has 0 saturated carbocycles. The SMILES string of the molecule is CC(NCCCNC(=O)O)c1cc2cc(Br)ccc2[nH]1. The van der Waals surface area contributed by atoms with E-state index in [2.05, 4.69) is 50.6 Å². The molecule has 1 atom stereocenters. The van der Waals surface area contributed by atoms with Crippen LogP contribution in [-0.2, 0) is 0 Å². The lowest BCUT2D eigenvalue weighted by atomic mass is 10.2. The third-order valence-electron chi connectivity index (χ3n) is 3.15. The second-order valence-corrected chi connectivity index (χ2v) is 5.63. The van der Waals surface area contributed by atoms with Crippen LogP contribution in [0, 0.1) is 0 Å². The molecule has 0 spiro atoms. The topological polar surface area (TPSA) is 77.2 Å². The van der Waals surface area contributed by atoms with Gasteiger partial charge in [-0.05, 0) is 44.2 Å². The highest BCUT2D eigenvalue weighted by molar-refractivity contribution is 9.10. The molecule has 20 heavy (non-hydrogen) atoms. The highest BCUT2D eigenvalue weighted by atomic mass is 79.9. The van der Waals surface area contributed by atoms with E-state index in [0.29, 0.717) is 6.54 Å². The molecule has 1 unspecified atom stereocenters. The number of carbonyl (C=O) groups is 1. The summed E-state index contributed by atoms with van der Waals surface area (Å²) in [6.07, 6.45) is -0.207. The smallest absolute Gasteiger partial charge is 0.404 e. The first-order chi connectivity index (χ1) is 9.56. The van der Waals surface area contributed by atoms with E-state index in [9.17, 15) is 4.79 Å². The first-order valence-electron chi connectivity index (χ1n) is 6.54. The van der Waals surface area contributed by atoms with Crippen LogP contribution in [0.15, 0.2) is 28.7 Å². The van der Waals surface area contributed by atoms with Crippen molar-refractivity contribution < 1.29 is 9.90 Å². The molecule has 0 aliphatic rings. The number of nitrogens with one attached hydrogen (secondary N) is 3. The van der Waals surface area contributed by atoms with Crippen LogP contribution in [0.25, 0.3) is 10.9 Å². The van der Waals surface area contributed by atoms with Gasteiger partial charge in [0.15, 0.2) is 0 Å². The zero-order valence-electron chi connectivity index (χ0n) is 11.2. The summed E-state index contributed by atoms with van der Waals surface area (Å²) in [6, 6.07) is 8.47. The van der Waals surface area contributed by atoms with Crippen molar-refractivity contribution in [2.45, 2.75) is 19.4 Å². The largest absolute Gasteiger partial charge is 0.465 e. The number of rotatable bonds is 6. The molecule has 2 rings (SSSR count). The fourth-order valence-electron chi connectivity index (χ4n) is 2.07. The fraction of sp³-hybridized carbons (Fsp3) is 0.357. The molecule has 0 fully saturated rings. The number of aromatic nitrogens is 1. The first kappa shape index (κ1) is 14.9. The Hall–Kier alpha value is -1.53. The Morgan fingerprint density at radius 2 is 2.20 bits per heavy atom. The molecule has 0 bridgehead atoms. The molecule has 0 radical (unpaired) electrons. The summed E-state index contributed by atoms with van der Waals surface area (Å²) < 4.78 is 1.07. The predicted molar refractivity (Wildman–Crippen MR) is 83.1 cm³/mol. The summed E-state index contributed by atoms with van der Waals surface area (Å²) in [5.41, 5.74) is 2.24. The zero-order valence-corrected chi connectivity index (χ0v) is 12.8. The van der Waals surface area contributed by atoms with E-state index in [0.717, 1.165) is 28.6 Å². The number of carboxylic acid groups (broad SMARTS) is 1. The number of H-pyrrole nitrogens is 1. The van der Waals surface area contributed by atoms with Gasteiger partial charge in [-0.2, -0.15) is 0 Å². The lowest BCUT2D eigenvalue weighted by molar-refractivity contribution is 0.194. The number of aromatic amines is 1.